The monoisotopic (exact) mass is 410 g/mol. The lowest BCUT2D eigenvalue weighted by molar-refractivity contribution is -0.121. The Morgan fingerprint density at radius 2 is 2.11 bits per heavy atom. The molecule has 9 heteroatoms. The number of alkyl halides is 1. The van der Waals surface area contributed by atoms with E-state index in [-0.39, 0.29) is 5.91 Å². The van der Waals surface area contributed by atoms with E-state index in [4.69, 9.17) is 21.6 Å². The molecule has 148 valence electrons. The second kappa shape index (κ2) is 10.1. The molecular weight excluding hydrogens is 384 g/mol. The summed E-state index contributed by atoms with van der Waals surface area (Å²) in [5.74, 6) is 2.45. The van der Waals surface area contributed by atoms with Crippen molar-refractivity contribution >= 4 is 46.1 Å². The summed E-state index contributed by atoms with van der Waals surface area (Å²) >= 11 is 7.28. The van der Waals surface area contributed by atoms with Gasteiger partial charge in [-0.15, -0.1) is 11.6 Å². The molecule has 1 fully saturated rings. The number of rotatable bonds is 9. The molecule has 3 heterocycles. The predicted molar refractivity (Wildman–Crippen MR) is 111 cm³/mol. The molecule has 7 nitrogen and oxygen atoms in total. The molecule has 1 aliphatic rings. The molecule has 0 aromatic carbocycles. The Morgan fingerprint density at radius 1 is 1.30 bits per heavy atom. The Labute approximate surface area is 169 Å². The fourth-order valence-electron chi connectivity index (χ4n) is 3.24. The van der Waals surface area contributed by atoms with Crippen molar-refractivity contribution in [2.75, 3.05) is 36.2 Å². The van der Waals surface area contributed by atoms with Crippen LogP contribution in [0.4, 0.5) is 5.82 Å². The zero-order valence-corrected chi connectivity index (χ0v) is 17.4. The smallest absolute Gasteiger partial charge is 0.220 e. The van der Waals surface area contributed by atoms with Crippen LogP contribution < -0.4 is 10.2 Å². The number of anilines is 1. The van der Waals surface area contributed by atoms with Gasteiger partial charge in [-0.2, -0.15) is 5.10 Å². The first-order valence-corrected chi connectivity index (χ1v) is 11.2. The summed E-state index contributed by atoms with van der Waals surface area (Å²) in [4.78, 5) is 23.6. The van der Waals surface area contributed by atoms with Crippen molar-refractivity contribution in [3.63, 3.8) is 0 Å². The van der Waals surface area contributed by atoms with Crippen molar-refractivity contribution in [2.45, 2.75) is 50.7 Å². The fourth-order valence-corrected chi connectivity index (χ4v) is 3.94. The Bertz CT molecular complexity index is 762. The number of nitrogens with zero attached hydrogens (tertiary/aromatic N) is 5. The number of nitrogens with one attached hydrogen (secondary N) is 1. The maximum absolute atomic E-state index is 11.8. The predicted octanol–water partition coefficient (Wildman–Crippen LogP) is 3.06. The maximum atomic E-state index is 11.8. The van der Waals surface area contributed by atoms with Crippen molar-refractivity contribution in [1.29, 1.82) is 0 Å². The topological polar surface area (TPSA) is 75.9 Å². The summed E-state index contributed by atoms with van der Waals surface area (Å²) < 4.78 is 1.87. The second-order valence-corrected chi connectivity index (χ2v) is 8.17. The first kappa shape index (κ1) is 20.2. The Kier molecular flexibility index (Phi) is 7.58. The van der Waals surface area contributed by atoms with Gasteiger partial charge in [0.15, 0.2) is 10.8 Å². The van der Waals surface area contributed by atoms with Gasteiger partial charge in [0.05, 0.1) is 18.1 Å². The number of fused-ring (bicyclic) bond motifs is 1. The number of carbonyl (C=O) groups excluding carboxylic acids is 1. The van der Waals surface area contributed by atoms with Gasteiger partial charge in [-0.25, -0.2) is 14.6 Å². The van der Waals surface area contributed by atoms with Crippen molar-refractivity contribution in [3.05, 3.63) is 6.20 Å². The summed E-state index contributed by atoms with van der Waals surface area (Å²) in [6.07, 6.45) is 6.69. The average Bonchev–Trinajstić information content (AvgIpc) is 3.10. The van der Waals surface area contributed by atoms with Crippen LogP contribution in [0.5, 0.6) is 0 Å². The number of hydrogen-bond acceptors (Lipinski definition) is 6. The number of piperidine rings is 1. The number of amides is 1. The molecular formula is C18H27ClN6OS. The van der Waals surface area contributed by atoms with Crippen LogP contribution in [0.1, 0.15) is 39.0 Å². The molecule has 1 aliphatic heterocycles. The zero-order chi connectivity index (χ0) is 19.1. The summed E-state index contributed by atoms with van der Waals surface area (Å²) in [6.45, 7) is 5.28. The highest BCUT2D eigenvalue weighted by molar-refractivity contribution is 7.99. The van der Waals surface area contributed by atoms with E-state index < -0.39 is 0 Å². The summed E-state index contributed by atoms with van der Waals surface area (Å²) in [5.41, 5.74) is 0.844. The van der Waals surface area contributed by atoms with Crippen molar-refractivity contribution in [2.24, 2.45) is 0 Å². The molecule has 0 spiro atoms. The molecule has 2 aromatic rings. The third kappa shape index (κ3) is 5.25. The molecule has 1 saturated heterocycles. The first-order valence-electron chi connectivity index (χ1n) is 9.67. The normalized spacial score (nSPS) is 14.7. The number of carbonyl (C=O) groups is 1. The van der Waals surface area contributed by atoms with Crippen molar-refractivity contribution < 1.29 is 4.79 Å². The molecule has 1 amide bonds. The minimum absolute atomic E-state index is 0.0259. The molecule has 2 aromatic heterocycles. The van der Waals surface area contributed by atoms with E-state index in [2.05, 4.69) is 22.2 Å². The standard InChI is InChI=1S/C18H27ClN6OS/c1-2-27-18-22-16(24-10-4-3-5-11-24)14-13-21-25(17(14)23-18)12-9-20-15(26)7-6-8-19/h13H,2-12H2,1H3,(H,20,26). The number of halogens is 1. The van der Waals surface area contributed by atoms with Gasteiger partial charge in [-0.3, -0.25) is 4.79 Å². The van der Waals surface area contributed by atoms with Crippen molar-refractivity contribution in [1.82, 2.24) is 25.1 Å². The van der Waals surface area contributed by atoms with E-state index in [9.17, 15) is 4.79 Å². The van der Waals surface area contributed by atoms with Crippen LogP contribution in [0, 0.1) is 0 Å². The van der Waals surface area contributed by atoms with E-state index in [1.165, 1.54) is 19.3 Å². The lowest BCUT2D eigenvalue weighted by Gasteiger charge is -2.28. The lowest BCUT2D eigenvalue weighted by atomic mass is 10.1. The van der Waals surface area contributed by atoms with Gasteiger partial charge in [0.1, 0.15) is 5.82 Å². The molecule has 0 atom stereocenters. The number of aromatic nitrogens is 4. The van der Waals surface area contributed by atoms with Gasteiger partial charge in [0, 0.05) is 31.9 Å². The number of thioether (sulfide) groups is 1. The van der Waals surface area contributed by atoms with Crippen LogP contribution in [0.25, 0.3) is 11.0 Å². The van der Waals surface area contributed by atoms with Gasteiger partial charge in [-0.1, -0.05) is 18.7 Å². The van der Waals surface area contributed by atoms with Crippen LogP contribution >= 0.6 is 23.4 Å². The molecule has 0 saturated carbocycles. The van der Waals surface area contributed by atoms with Crippen LogP contribution in [-0.2, 0) is 11.3 Å². The molecule has 1 N–H and O–H groups in total. The van der Waals surface area contributed by atoms with Crippen LogP contribution in [0.15, 0.2) is 11.4 Å². The Morgan fingerprint density at radius 3 is 2.85 bits per heavy atom. The van der Waals surface area contributed by atoms with Gasteiger partial charge in [0.25, 0.3) is 0 Å². The van der Waals surface area contributed by atoms with Crippen LogP contribution in [0.2, 0.25) is 0 Å². The van der Waals surface area contributed by atoms with Gasteiger partial charge in [-0.05, 0) is 31.4 Å². The van der Waals surface area contributed by atoms with Gasteiger partial charge in [0.2, 0.25) is 5.91 Å². The number of hydrogen-bond donors (Lipinski definition) is 1. The van der Waals surface area contributed by atoms with E-state index in [1.54, 1.807) is 11.8 Å². The highest BCUT2D eigenvalue weighted by Crippen LogP contribution is 2.29. The summed E-state index contributed by atoms with van der Waals surface area (Å²) in [5, 5.41) is 9.22. The van der Waals surface area contributed by atoms with Crippen molar-refractivity contribution in [3.8, 4) is 0 Å². The quantitative estimate of drug-likeness (QED) is 0.389. The van der Waals surface area contributed by atoms with Gasteiger partial charge < -0.3 is 10.2 Å². The molecule has 0 aliphatic carbocycles. The van der Waals surface area contributed by atoms with E-state index in [1.807, 2.05) is 10.9 Å². The highest BCUT2D eigenvalue weighted by Gasteiger charge is 2.19. The largest absolute Gasteiger partial charge is 0.356 e. The summed E-state index contributed by atoms with van der Waals surface area (Å²) in [6, 6.07) is 0. The highest BCUT2D eigenvalue weighted by atomic mass is 35.5. The first-order chi connectivity index (χ1) is 13.2. The van der Waals surface area contributed by atoms with E-state index in [0.29, 0.717) is 31.8 Å². The molecule has 3 rings (SSSR count). The third-order valence-corrected chi connectivity index (χ3v) is 5.56. The Hall–Kier alpha value is -1.54. The van der Waals surface area contributed by atoms with Crippen LogP contribution in [-0.4, -0.2) is 56.9 Å². The van der Waals surface area contributed by atoms with E-state index in [0.717, 1.165) is 40.9 Å². The second-order valence-electron chi connectivity index (χ2n) is 6.56. The minimum Gasteiger partial charge on any atom is -0.356 e. The van der Waals surface area contributed by atoms with Crippen LogP contribution in [0.3, 0.4) is 0 Å². The Balaban J connectivity index is 1.78. The molecule has 0 bridgehead atoms. The van der Waals surface area contributed by atoms with Gasteiger partial charge >= 0.3 is 0 Å². The zero-order valence-electron chi connectivity index (χ0n) is 15.8. The van der Waals surface area contributed by atoms with E-state index >= 15 is 0 Å². The SMILES string of the molecule is CCSc1nc(N2CCCCC2)c2cnn(CCNC(=O)CCCCl)c2n1. The third-order valence-electron chi connectivity index (χ3n) is 4.57. The lowest BCUT2D eigenvalue weighted by Crippen LogP contribution is -2.30. The average molecular weight is 411 g/mol. The molecule has 0 radical (unpaired) electrons. The molecule has 0 unspecified atom stereocenters. The maximum Gasteiger partial charge on any atom is 0.220 e. The fraction of sp³-hybridized carbons (Fsp3) is 0.667. The summed E-state index contributed by atoms with van der Waals surface area (Å²) in [7, 11) is 0. The minimum atomic E-state index is 0.0259. The molecule has 27 heavy (non-hydrogen) atoms.